The Kier molecular flexibility index (Phi) is 2.47. The maximum atomic E-state index is 11.4. The van der Waals surface area contributed by atoms with Crippen molar-refractivity contribution in [3.63, 3.8) is 0 Å². The molecule has 5 nitrogen and oxygen atoms in total. The standard InChI is InChI=1S/C10H13N3O2/c1-2-15-10(14)7-6-13-8(11)4-3-5-9(13)12-7/h3-6,8,12H,2,11H2,1H3/t8-/m1/s1. The zero-order valence-electron chi connectivity index (χ0n) is 8.43. The number of nitrogens with two attached hydrogens (primary N) is 1. The maximum Gasteiger partial charge on any atom is 0.356 e. The molecule has 0 saturated carbocycles. The molecular formula is C10H13N3O2. The molecule has 0 aromatic heterocycles. The van der Waals surface area contributed by atoms with Crippen LogP contribution in [0.4, 0.5) is 0 Å². The third-order valence-electron chi connectivity index (χ3n) is 2.19. The topological polar surface area (TPSA) is 67.6 Å². The van der Waals surface area contributed by atoms with Gasteiger partial charge in [-0.25, -0.2) is 4.79 Å². The molecule has 15 heavy (non-hydrogen) atoms. The van der Waals surface area contributed by atoms with Gasteiger partial charge in [-0.05, 0) is 19.1 Å². The predicted octanol–water partition coefficient (Wildman–Crippen LogP) is -0.00790. The average molecular weight is 207 g/mol. The van der Waals surface area contributed by atoms with Crippen molar-refractivity contribution in [1.29, 1.82) is 0 Å². The number of nitrogens with zero attached hydrogens (tertiary/aromatic N) is 1. The summed E-state index contributed by atoms with van der Waals surface area (Å²) in [6.45, 7) is 2.13. The molecule has 2 rings (SSSR count). The van der Waals surface area contributed by atoms with E-state index in [0.717, 1.165) is 5.82 Å². The summed E-state index contributed by atoms with van der Waals surface area (Å²) in [6, 6.07) is 0. The highest BCUT2D eigenvalue weighted by molar-refractivity contribution is 5.88. The largest absolute Gasteiger partial charge is 0.461 e. The number of carbonyl (C=O) groups excluding carboxylic acids is 1. The molecule has 0 radical (unpaired) electrons. The summed E-state index contributed by atoms with van der Waals surface area (Å²) in [5.41, 5.74) is 6.24. The molecule has 2 heterocycles. The third kappa shape index (κ3) is 1.73. The fraction of sp³-hybridized carbons (Fsp3) is 0.300. The van der Waals surface area contributed by atoms with Crippen LogP contribution in [0, 0.1) is 0 Å². The van der Waals surface area contributed by atoms with Gasteiger partial charge in [0.25, 0.3) is 0 Å². The number of fused-ring (bicyclic) bond motifs is 1. The molecule has 2 aliphatic heterocycles. The van der Waals surface area contributed by atoms with Crippen LogP contribution in [0.25, 0.3) is 0 Å². The third-order valence-corrected chi connectivity index (χ3v) is 2.19. The number of hydrogen-bond acceptors (Lipinski definition) is 5. The number of carbonyl (C=O) groups is 1. The van der Waals surface area contributed by atoms with Gasteiger partial charge in [-0.2, -0.15) is 0 Å². The number of esters is 1. The Hall–Kier alpha value is -1.75. The number of ether oxygens (including phenoxy) is 1. The van der Waals surface area contributed by atoms with Crippen LogP contribution in [0.2, 0.25) is 0 Å². The molecule has 2 aliphatic rings. The molecule has 5 heteroatoms. The van der Waals surface area contributed by atoms with Crippen LogP contribution in [0.3, 0.4) is 0 Å². The van der Waals surface area contributed by atoms with E-state index in [1.165, 1.54) is 0 Å². The van der Waals surface area contributed by atoms with Gasteiger partial charge in [0.15, 0.2) is 0 Å². The molecule has 0 bridgehead atoms. The number of nitrogens with one attached hydrogen (secondary N) is 1. The summed E-state index contributed by atoms with van der Waals surface area (Å²) >= 11 is 0. The second-order valence-electron chi connectivity index (χ2n) is 3.22. The molecule has 0 spiro atoms. The van der Waals surface area contributed by atoms with Crippen LogP contribution in [-0.4, -0.2) is 23.6 Å². The van der Waals surface area contributed by atoms with Gasteiger partial charge >= 0.3 is 5.97 Å². The molecule has 1 atom stereocenters. The molecule has 0 aromatic rings. The van der Waals surface area contributed by atoms with E-state index in [1.54, 1.807) is 18.0 Å². The van der Waals surface area contributed by atoms with Crippen molar-refractivity contribution in [2.24, 2.45) is 5.73 Å². The van der Waals surface area contributed by atoms with Crippen molar-refractivity contribution in [2.75, 3.05) is 6.61 Å². The van der Waals surface area contributed by atoms with Crippen molar-refractivity contribution in [1.82, 2.24) is 10.2 Å². The molecule has 80 valence electrons. The van der Waals surface area contributed by atoms with E-state index >= 15 is 0 Å². The normalized spacial score (nSPS) is 22.8. The summed E-state index contributed by atoms with van der Waals surface area (Å²) in [5, 5.41) is 2.95. The molecule has 0 aromatic carbocycles. The van der Waals surface area contributed by atoms with E-state index in [-0.39, 0.29) is 12.1 Å². The van der Waals surface area contributed by atoms with Crippen LogP contribution >= 0.6 is 0 Å². The SMILES string of the molecule is CCOC(=O)C1=CN2C(=CC=C[C@@H]2N)N1. The lowest BCUT2D eigenvalue weighted by molar-refractivity contribution is -0.138. The maximum absolute atomic E-state index is 11.4. The van der Waals surface area contributed by atoms with Crippen molar-refractivity contribution in [3.8, 4) is 0 Å². The highest BCUT2D eigenvalue weighted by atomic mass is 16.5. The van der Waals surface area contributed by atoms with E-state index < -0.39 is 0 Å². The molecule has 0 aliphatic carbocycles. The Labute approximate surface area is 87.9 Å². The van der Waals surface area contributed by atoms with E-state index in [9.17, 15) is 4.79 Å². The number of hydrogen-bond donors (Lipinski definition) is 2. The summed E-state index contributed by atoms with van der Waals surface area (Å²) in [5.74, 6) is 0.438. The van der Waals surface area contributed by atoms with Gasteiger partial charge in [0.1, 0.15) is 17.7 Å². The Morgan fingerprint density at radius 1 is 1.73 bits per heavy atom. The predicted molar refractivity (Wildman–Crippen MR) is 54.9 cm³/mol. The van der Waals surface area contributed by atoms with Gasteiger partial charge in [0, 0.05) is 6.20 Å². The van der Waals surface area contributed by atoms with Crippen LogP contribution in [0.15, 0.2) is 35.9 Å². The van der Waals surface area contributed by atoms with Gasteiger partial charge < -0.3 is 20.7 Å². The summed E-state index contributed by atoms with van der Waals surface area (Å²) < 4.78 is 4.88. The lowest BCUT2D eigenvalue weighted by atomic mass is 10.3. The summed E-state index contributed by atoms with van der Waals surface area (Å²) in [4.78, 5) is 13.2. The lowest BCUT2D eigenvalue weighted by Gasteiger charge is -2.24. The zero-order chi connectivity index (χ0) is 10.8. The number of allylic oxidation sites excluding steroid dienone is 2. The van der Waals surface area contributed by atoms with Crippen molar-refractivity contribution < 1.29 is 9.53 Å². The van der Waals surface area contributed by atoms with Crippen LogP contribution in [-0.2, 0) is 9.53 Å². The van der Waals surface area contributed by atoms with Crippen molar-refractivity contribution >= 4 is 5.97 Å². The van der Waals surface area contributed by atoms with Crippen LogP contribution in [0.5, 0.6) is 0 Å². The smallest absolute Gasteiger partial charge is 0.356 e. The van der Waals surface area contributed by atoms with Gasteiger partial charge in [-0.1, -0.05) is 6.08 Å². The first-order chi connectivity index (χ1) is 7.22. The minimum Gasteiger partial charge on any atom is -0.461 e. The average Bonchev–Trinajstić information content (AvgIpc) is 2.63. The van der Waals surface area contributed by atoms with Gasteiger partial charge in [-0.3, -0.25) is 0 Å². The quantitative estimate of drug-likeness (QED) is 0.623. The second kappa shape index (κ2) is 3.78. The molecule has 3 N–H and O–H groups in total. The Morgan fingerprint density at radius 2 is 2.53 bits per heavy atom. The van der Waals surface area contributed by atoms with Gasteiger partial charge in [-0.15, -0.1) is 0 Å². The van der Waals surface area contributed by atoms with E-state index in [2.05, 4.69) is 5.32 Å². The molecule has 0 amide bonds. The van der Waals surface area contributed by atoms with Gasteiger partial charge in [0.2, 0.25) is 0 Å². The first-order valence-corrected chi connectivity index (χ1v) is 4.80. The lowest BCUT2D eigenvalue weighted by Crippen LogP contribution is -2.37. The van der Waals surface area contributed by atoms with Crippen LogP contribution in [0.1, 0.15) is 6.92 Å². The summed E-state index contributed by atoms with van der Waals surface area (Å²) in [7, 11) is 0. The fourth-order valence-electron chi connectivity index (χ4n) is 1.48. The Balaban J connectivity index is 2.14. The summed E-state index contributed by atoms with van der Waals surface area (Å²) in [6.07, 6.45) is 6.98. The molecular weight excluding hydrogens is 194 g/mol. The highest BCUT2D eigenvalue weighted by Gasteiger charge is 2.26. The van der Waals surface area contributed by atoms with Crippen LogP contribution < -0.4 is 11.1 Å². The Morgan fingerprint density at radius 3 is 3.20 bits per heavy atom. The van der Waals surface area contributed by atoms with E-state index in [4.69, 9.17) is 10.5 Å². The first kappa shape index (κ1) is 9.79. The number of rotatable bonds is 2. The van der Waals surface area contributed by atoms with E-state index in [0.29, 0.717) is 12.3 Å². The van der Waals surface area contributed by atoms with Crippen molar-refractivity contribution in [3.05, 3.63) is 35.9 Å². The zero-order valence-corrected chi connectivity index (χ0v) is 8.43. The second-order valence-corrected chi connectivity index (χ2v) is 3.22. The minimum absolute atomic E-state index is 0.232. The van der Waals surface area contributed by atoms with Gasteiger partial charge in [0.05, 0.1) is 6.61 Å². The Bertz CT molecular complexity index is 371. The monoisotopic (exact) mass is 207 g/mol. The minimum atomic E-state index is -0.361. The molecule has 0 unspecified atom stereocenters. The van der Waals surface area contributed by atoms with E-state index in [1.807, 2.05) is 18.2 Å². The first-order valence-electron chi connectivity index (χ1n) is 4.80. The fourth-order valence-corrected chi connectivity index (χ4v) is 1.48. The molecule has 0 saturated heterocycles. The van der Waals surface area contributed by atoms with Crippen molar-refractivity contribution in [2.45, 2.75) is 13.1 Å². The highest BCUT2D eigenvalue weighted by Crippen LogP contribution is 2.20. The molecule has 0 fully saturated rings.